The number of benzene rings is 5. The van der Waals surface area contributed by atoms with Crippen molar-refractivity contribution in [1.82, 2.24) is 0 Å². The third kappa shape index (κ3) is 14.8. The first-order chi connectivity index (χ1) is 33.1. The zero-order valence-corrected chi connectivity index (χ0v) is 41.3. The number of amides is 4. The predicted molar refractivity (Wildman–Crippen MR) is 269 cm³/mol. The lowest BCUT2D eigenvalue weighted by Gasteiger charge is -2.15. The van der Waals surface area contributed by atoms with Crippen molar-refractivity contribution in [3.05, 3.63) is 129 Å². The minimum absolute atomic E-state index is 0.0182. The van der Waals surface area contributed by atoms with E-state index < -0.39 is 47.3 Å². The Morgan fingerprint density at radius 1 is 0.536 bits per heavy atom. The molecule has 5 aromatic rings. The molecule has 2 unspecified atom stereocenters. The molecule has 0 aliphatic rings. The highest BCUT2D eigenvalue weighted by Crippen LogP contribution is 2.31. The molecular formula is C48H45Cl5N8O8. The molecule has 4 amide bonds. The Morgan fingerprint density at radius 2 is 0.957 bits per heavy atom. The molecule has 21 heteroatoms. The SMILES string of the molecule is CCOc1ccc(NC(=O)c2ccc(Cl)c(N=NC(C(C)=O)C(=O)Nc3ccc(NC(=O)C(N=Nc4cc(C(=O)Nc5ccc(OCC)c(CCl)c5)ccc4Cl)C(C)=O)c(CCCl)c3)c2)cc1CCl. The fourth-order valence-corrected chi connectivity index (χ4v) is 7.31. The van der Waals surface area contributed by atoms with Gasteiger partial charge in [-0.15, -0.1) is 34.8 Å². The van der Waals surface area contributed by atoms with Gasteiger partial charge >= 0.3 is 0 Å². The van der Waals surface area contributed by atoms with E-state index >= 15 is 0 Å². The smallest absolute Gasteiger partial charge is 0.258 e. The van der Waals surface area contributed by atoms with E-state index in [0.29, 0.717) is 52.8 Å². The highest BCUT2D eigenvalue weighted by Gasteiger charge is 2.26. The number of carbonyl (C=O) groups excluding carboxylic acids is 6. The number of Topliss-reactive ketones (excluding diaryl/α,β-unsaturated/α-hetero) is 2. The molecule has 0 aliphatic carbocycles. The molecule has 4 N–H and O–H groups in total. The number of nitrogens with zero attached hydrogens (tertiary/aromatic N) is 4. The standard InChI is InChI=1S/C48H45Cl5N8O8/c1-5-68-41-15-10-34(20-31(41)24-50)54-45(64)29-7-12-36(52)39(22-29)58-60-43(26(3)62)47(66)56-33-9-14-38(28(19-33)17-18-49)57-48(67)44(27(4)63)61-59-40-23-30(8-13-37(40)53)46(65)55-35-11-16-42(69-6-2)32(21-35)25-51/h7-16,19-23,43-44H,5-6,17-18,24-25H2,1-4H3,(H,54,64)(H,55,65)(H,56,66)(H,57,67). The molecular weight excluding hydrogens is 994 g/mol. The molecule has 0 heterocycles. The second-order valence-electron chi connectivity index (χ2n) is 14.8. The van der Waals surface area contributed by atoms with Crippen LogP contribution in [0.25, 0.3) is 0 Å². The first kappa shape index (κ1) is 53.5. The van der Waals surface area contributed by atoms with Gasteiger partial charge in [-0.3, -0.25) is 28.8 Å². The van der Waals surface area contributed by atoms with Gasteiger partial charge in [0.25, 0.3) is 23.6 Å². The fraction of sp³-hybridized carbons (Fsp3) is 0.250. The summed E-state index contributed by atoms with van der Waals surface area (Å²) in [6.45, 7) is 6.90. The van der Waals surface area contributed by atoms with Crippen LogP contribution < -0.4 is 30.7 Å². The van der Waals surface area contributed by atoms with Gasteiger partial charge in [-0.05, 0) is 131 Å². The summed E-state index contributed by atoms with van der Waals surface area (Å²) in [5.41, 5.74) is 3.58. The van der Waals surface area contributed by atoms with E-state index in [1.807, 2.05) is 13.8 Å². The maximum absolute atomic E-state index is 13.5. The summed E-state index contributed by atoms with van der Waals surface area (Å²) >= 11 is 31.0. The molecule has 2 atom stereocenters. The van der Waals surface area contributed by atoms with Crippen molar-refractivity contribution in [1.29, 1.82) is 0 Å². The number of hydrogen-bond donors (Lipinski definition) is 4. The Balaban J connectivity index is 1.27. The molecule has 69 heavy (non-hydrogen) atoms. The number of halogens is 5. The van der Waals surface area contributed by atoms with Crippen LogP contribution in [0.4, 0.5) is 34.1 Å². The maximum atomic E-state index is 13.5. The summed E-state index contributed by atoms with van der Waals surface area (Å²) in [5, 5.41) is 27.2. The van der Waals surface area contributed by atoms with Gasteiger partial charge in [-0.1, -0.05) is 23.2 Å². The Labute approximate surface area is 422 Å². The molecule has 5 rings (SSSR count). The highest BCUT2D eigenvalue weighted by molar-refractivity contribution is 6.33. The predicted octanol–water partition coefficient (Wildman–Crippen LogP) is 11.9. The third-order valence-corrected chi connectivity index (χ3v) is 11.2. The zero-order chi connectivity index (χ0) is 50.2. The molecule has 0 radical (unpaired) electrons. The van der Waals surface area contributed by atoms with E-state index in [1.54, 1.807) is 36.4 Å². The lowest BCUT2D eigenvalue weighted by molar-refractivity contribution is -0.127. The average Bonchev–Trinajstić information content (AvgIpc) is 3.31. The molecule has 0 aliphatic heterocycles. The summed E-state index contributed by atoms with van der Waals surface area (Å²) in [5.74, 6) is -2.37. The Bertz CT molecular complexity index is 2810. The van der Waals surface area contributed by atoms with Gasteiger partial charge in [-0.2, -0.15) is 20.5 Å². The van der Waals surface area contributed by atoms with Crippen LogP contribution >= 0.6 is 58.0 Å². The van der Waals surface area contributed by atoms with Crippen LogP contribution in [-0.4, -0.2) is 66.4 Å². The van der Waals surface area contributed by atoms with E-state index in [2.05, 4.69) is 41.7 Å². The first-order valence-corrected chi connectivity index (χ1v) is 23.4. The monoisotopic (exact) mass is 1040 g/mol. The Hall–Kier alpha value is -6.43. The van der Waals surface area contributed by atoms with Crippen molar-refractivity contribution in [3.8, 4) is 11.5 Å². The molecule has 0 aromatic heterocycles. The van der Waals surface area contributed by atoms with Gasteiger partial charge in [-0.25, -0.2) is 0 Å². The van der Waals surface area contributed by atoms with Gasteiger partial charge in [0.05, 0.1) is 35.0 Å². The number of aryl methyl sites for hydroxylation is 1. The van der Waals surface area contributed by atoms with Crippen molar-refractivity contribution >= 4 is 127 Å². The summed E-state index contributed by atoms with van der Waals surface area (Å²) in [6, 6.07) is 19.8. The quantitative estimate of drug-likeness (QED) is 0.0296. The van der Waals surface area contributed by atoms with E-state index in [1.165, 1.54) is 54.6 Å². The van der Waals surface area contributed by atoms with Crippen LogP contribution in [-0.2, 0) is 37.4 Å². The molecule has 0 fully saturated rings. The molecule has 0 saturated carbocycles. The maximum Gasteiger partial charge on any atom is 0.258 e. The first-order valence-electron chi connectivity index (χ1n) is 21.1. The van der Waals surface area contributed by atoms with Gasteiger partial charge in [0, 0.05) is 50.9 Å². The summed E-state index contributed by atoms with van der Waals surface area (Å²) in [6.07, 6.45) is 0.201. The molecule has 0 spiro atoms. The molecule has 0 bridgehead atoms. The Kier molecular flexibility index (Phi) is 20.0. The van der Waals surface area contributed by atoms with Gasteiger partial charge < -0.3 is 30.7 Å². The molecule has 360 valence electrons. The fourth-order valence-electron chi connectivity index (χ4n) is 6.37. The van der Waals surface area contributed by atoms with Crippen LogP contribution in [0.3, 0.4) is 0 Å². The topological polar surface area (TPSA) is 218 Å². The van der Waals surface area contributed by atoms with Crippen LogP contribution in [0.1, 0.15) is 65.1 Å². The van der Waals surface area contributed by atoms with Crippen molar-refractivity contribution in [3.63, 3.8) is 0 Å². The number of ketones is 2. The third-order valence-electron chi connectivity index (χ3n) is 9.76. The number of ether oxygens (including phenoxy) is 2. The van der Waals surface area contributed by atoms with E-state index in [-0.39, 0.29) is 68.0 Å². The van der Waals surface area contributed by atoms with Crippen LogP contribution in [0, 0.1) is 0 Å². The number of nitrogens with one attached hydrogen (secondary N) is 4. The van der Waals surface area contributed by atoms with Crippen LogP contribution in [0.5, 0.6) is 11.5 Å². The summed E-state index contributed by atoms with van der Waals surface area (Å²) in [7, 11) is 0. The number of hydrogen-bond acceptors (Lipinski definition) is 12. The molecule has 0 saturated heterocycles. The number of carbonyl (C=O) groups is 6. The zero-order valence-electron chi connectivity index (χ0n) is 37.5. The summed E-state index contributed by atoms with van der Waals surface area (Å²) in [4.78, 5) is 78.8. The van der Waals surface area contributed by atoms with Crippen LogP contribution in [0.2, 0.25) is 10.0 Å². The van der Waals surface area contributed by atoms with Crippen molar-refractivity contribution < 1.29 is 38.2 Å². The second kappa shape index (κ2) is 25.8. The van der Waals surface area contributed by atoms with Crippen molar-refractivity contribution in [2.75, 3.05) is 40.4 Å². The van der Waals surface area contributed by atoms with Gasteiger partial charge in [0.1, 0.15) is 22.9 Å². The van der Waals surface area contributed by atoms with E-state index in [4.69, 9.17) is 67.5 Å². The largest absolute Gasteiger partial charge is 0.494 e. The minimum atomic E-state index is -1.63. The summed E-state index contributed by atoms with van der Waals surface area (Å²) < 4.78 is 11.1. The minimum Gasteiger partial charge on any atom is -0.494 e. The Morgan fingerprint density at radius 3 is 1.38 bits per heavy atom. The number of anilines is 4. The molecule has 16 nitrogen and oxygen atoms in total. The second-order valence-corrected chi connectivity index (χ2v) is 16.5. The van der Waals surface area contributed by atoms with Gasteiger partial charge in [0.15, 0.2) is 11.6 Å². The number of azo groups is 2. The van der Waals surface area contributed by atoms with E-state index in [9.17, 15) is 28.8 Å². The van der Waals surface area contributed by atoms with Crippen molar-refractivity contribution in [2.45, 2.75) is 58.0 Å². The van der Waals surface area contributed by atoms with Gasteiger partial charge in [0.2, 0.25) is 12.1 Å². The van der Waals surface area contributed by atoms with E-state index in [0.717, 1.165) is 13.8 Å². The number of rotatable bonds is 22. The van der Waals surface area contributed by atoms with Crippen LogP contribution in [0.15, 0.2) is 111 Å². The molecule has 5 aromatic carbocycles. The average molecular weight is 1040 g/mol. The number of alkyl halides is 3. The lowest BCUT2D eigenvalue weighted by atomic mass is 10.1. The normalized spacial score (nSPS) is 12.0. The van der Waals surface area contributed by atoms with Crippen molar-refractivity contribution in [2.24, 2.45) is 20.5 Å². The lowest BCUT2D eigenvalue weighted by Crippen LogP contribution is -2.32. The highest BCUT2D eigenvalue weighted by atomic mass is 35.5.